The summed E-state index contributed by atoms with van der Waals surface area (Å²) < 4.78 is 85.7. The van der Waals surface area contributed by atoms with Crippen LogP contribution in [0.1, 0.15) is 31.2 Å². The minimum Gasteiger partial charge on any atom is -0.223 e. The molecule has 2 fully saturated rings. The van der Waals surface area contributed by atoms with Crippen molar-refractivity contribution in [1.29, 1.82) is 0 Å². The van der Waals surface area contributed by atoms with Gasteiger partial charge in [0.05, 0.1) is 4.90 Å². The highest BCUT2D eigenvalue weighted by Crippen LogP contribution is 2.52. The van der Waals surface area contributed by atoms with Gasteiger partial charge in [-0.3, -0.25) is 0 Å². The average Bonchev–Trinajstić information content (AvgIpc) is 2.81. The Morgan fingerprint density at radius 1 is 1.09 bits per heavy atom. The van der Waals surface area contributed by atoms with Gasteiger partial charge in [0, 0.05) is 29.2 Å². The molecule has 0 bridgehead atoms. The highest BCUT2D eigenvalue weighted by atomic mass is 35.5. The summed E-state index contributed by atoms with van der Waals surface area (Å²) in [7, 11) is -7.96. The number of sulfone groups is 1. The first-order chi connectivity index (χ1) is 16.0. The topological polar surface area (TPSA) is 83.5 Å². The molecule has 1 N–H and O–H groups in total. The number of nitrogens with one attached hydrogen (secondary N) is 1. The maximum Gasteiger partial charge on any atom is 0.280 e. The van der Waals surface area contributed by atoms with Crippen molar-refractivity contribution < 1.29 is 25.6 Å². The lowest BCUT2D eigenvalue weighted by atomic mass is 9.70. The van der Waals surface area contributed by atoms with Crippen molar-refractivity contribution in [3.8, 4) is 0 Å². The smallest absolute Gasteiger partial charge is 0.223 e. The molecule has 2 aromatic carbocycles. The summed E-state index contributed by atoms with van der Waals surface area (Å²) in [6.07, 6.45) is 4.10. The predicted molar refractivity (Wildman–Crippen MR) is 124 cm³/mol. The van der Waals surface area contributed by atoms with Crippen LogP contribution in [0.5, 0.6) is 0 Å². The molecule has 1 saturated heterocycles. The molecule has 0 radical (unpaired) electrons. The van der Waals surface area contributed by atoms with Crippen LogP contribution < -0.4 is 4.72 Å². The highest BCUT2D eigenvalue weighted by Gasteiger charge is 2.57. The number of fused-ring (bicyclic) bond motifs is 3. The van der Waals surface area contributed by atoms with Crippen LogP contribution in [0.4, 0.5) is 8.78 Å². The second-order valence-electron chi connectivity index (χ2n) is 9.06. The molecule has 11 heteroatoms. The van der Waals surface area contributed by atoms with Crippen LogP contribution in [0.25, 0.3) is 0 Å². The van der Waals surface area contributed by atoms with Crippen LogP contribution in [-0.4, -0.2) is 39.8 Å². The van der Waals surface area contributed by atoms with Gasteiger partial charge in [0.15, 0.2) is 9.84 Å². The van der Waals surface area contributed by atoms with Gasteiger partial charge in [-0.15, -0.1) is 0 Å². The van der Waals surface area contributed by atoms with Gasteiger partial charge in [-0.25, -0.2) is 17.2 Å². The Labute approximate surface area is 202 Å². The van der Waals surface area contributed by atoms with Gasteiger partial charge in [-0.05, 0) is 74.1 Å². The van der Waals surface area contributed by atoms with Crippen molar-refractivity contribution >= 4 is 31.6 Å². The molecule has 34 heavy (non-hydrogen) atoms. The second kappa shape index (κ2) is 8.37. The quantitative estimate of drug-likeness (QED) is 0.612. The Kier molecular flexibility index (Phi) is 5.88. The molecule has 2 aliphatic heterocycles. The third kappa shape index (κ3) is 3.71. The van der Waals surface area contributed by atoms with E-state index >= 15 is 4.39 Å². The molecule has 0 amide bonds. The molecule has 4 unspecified atom stereocenters. The van der Waals surface area contributed by atoms with Crippen molar-refractivity contribution in [2.45, 2.75) is 47.4 Å². The Morgan fingerprint density at radius 3 is 2.56 bits per heavy atom. The number of hydrogen-bond acceptors (Lipinski definition) is 4. The van der Waals surface area contributed by atoms with E-state index in [4.69, 9.17) is 11.6 Å². The molecule has 1 saturated carbocycles. The summed E-state index contributed by atoms with van der Waals surface area (Å²) in [6, 6.07) is 7.49. The van der Waals surface area contributed by atoms with Crippen LogP contribution in [0.3, 0.4) is 0 Å². The highest BCUT2D eigenvalue weighted by molar-refractivity contribution is 7.92. The standard InChI is InChI=1S/C23H23ClF2N2O4S2/c24-15-4-7-17(8-5-15)33(29,30)23(19-13-16(25)6-9-20(19)26)11-10-21-18(14-23)22-3-1-2-12-28(22)34(31,32)27-21/h1-2,4-9,13,18,21-22,27H,3,10-12,14H2. The summed E-state index contributed by atoms with van der Waals surface area (Å²) >= 11 is 5.96. The summed E-state index contributed by atoms with van der Waals surface area (Å²) in [5.74, 6) is -1.98. The fraction of sp³-hybridized carbons (Fsp3) is 0.391. The first kappa shape index (κ1) is 23.9. The SMILES string of the molecule is O=S1(=O)NC2CCC(c3cc(F)ccc3F)(S(=O)(=O)c3ccc(Cl)cc3)CC2C2CC=CCN21. The largest absolute Gasteiger partial charge is 0.280 e. The lowest BCUT2D eigenvalue weighted by Gasteiger charge is -2.52. The van der Waals surface area contributed by atoms with E-state index in [1.165, 1.54) is 28.6 Å². The lowest BCUT2D eigenvalue weighted by molar-refractivity contribution is 0.117. The number of halogens is 3. The van der Waals surface area contributed by atoms with E-state index in [0.29, 0.717) is 11.4 Å². The molecule has 3 aliphatic rings. The fourth-order valence-corrected chi connectivity index (χ4v) is 9.70. The second-order valence-corrected chi connectivity index (χ2v) is 13.4. The van der Waals surface area contributed by atoms with E-state index in [1.807, 2.05) is 6.08 Å². The van der Waals surface area contributed by atoms with Crippen LogP contribution in [-0.2, 0) is 24.8 Å². The number of benzene rings is 2. The summed E-state index contributed by atoms with van der Waals surface area (Å²) in [5.41, 5.74) is -0.229. The van der Waals surface area contributed by atoms with Gasteiger partial charge >= 0.3 is 0 Å². The molecule has 0 spiro atoms. The fourth-order valence-electron chi connectivity index (χ4n) is 5.69. The molecule has 2 aromatic rings. The van der Waals surface area contributed by atoms with E-state index in [9.17, 15) is 21.2 Å². The lowest BCUT2D eigenvalue weighted by Crippen LogP contribution is -2.65. The van der Waals surface area contributed by atoms with E-state index in [0.717, 1.165) is 18.2 Å². The van der Waals surface area contributed by atoms with Crippen molar-refractivity contribution in [1.82, 2.24) is 9.03 Å². The zero-order chi connectivity index (χ0) is 24.3. The Hall–Kier alpha value is -1.85. The molecule has 6 nitrogen and oxygen atoms in total. The zero-order valence-electron chi connectivity index (χ0n) is 18.0. The van der Waals surface area contributed by atoms with E-state index in [1.54, 1.807) is 6.08 Å². The maximum absolute atomic E-state index is 15.2. The predicted octanol–water partition coefficient (Wildman–Crippen LogP) is 3.93. The van der Waals surface area contributed by atoms with Crippen molar-refractivity contribution in [3.05, 3.63) is 76.8 Å². The van der Waals surface area contributed by atoms with E-state index in [2.05, 4.69) is 4.72 Å². The van der Waals surface area contributed by atoms with Crippen LogP contribution in [0, 0.1) is 17.6 Å². The van der Waals surface area contributed by atoms with Gasteiger partial charge in [0.25, 0.3) is 10.2 Å². The van der Waals surface area contributed by atoms with Crippen LogP contribution in [0.2, 0.25) is 5.02 Å². The molecule has 0 aromatic heterocycles. The van der Waals surface area contributed by atoms with Crippen LogP contribution >= 0.6 is 11.6 Å². The van der Waals surface area contributed by atoms with E-state index < -0.39 is 54.4 Å². The van der Waals surface area contributed by atoms with Crippen molar-refractivity contribution in [2.24, 2.45) is 5.92 Å². The summed E-state index contributed by atoms with van der Waals surface area (Å²) in [4.78, 5) is -0.0456. The van der Waals surface area contributed by atoms with Gasteiger partial charge in [0.1, 0.15) is 16.4 Å². The molecular formula is C23H23ClF2N2O4S2. The minimum absolute atomic E-state index is 0.0456. The Balaban J connectivity index is 1.68. The third-order valence-corrected chi connectivity index (χ3v) is 11.7. The van der Waals surface area contributed by atoms with Gasteiger partial charge < -0.3 is 0 Å². The van der Waals surface area contributed by atoms with Crippen molar-refractivity contribution in [3.63, 3.8) is 0 Å². The molecule has 182 valence electrons. The zero-order valence-corrected chi connectivity index (χ0v) is 20.4. The molecule has 2 heterocycles. The van der Waals surface area contributed by atoms with Crippen molar-refractivity contribution in [2.75, 3.05) is 6.54 Å². The number of hydrogen-bond donors (Lipinski definition) is 1. The van der Waals surface area contributed by atoms with Gasteiger partial charge in [-0.1, -0.05) is 23.8 Å². The minimum atomic E-state index is -4.23. The van der Waals surface area contributed by atoms with Crippen LogP contribution in [0.15, 0.2) is 59.5 Å². The number of rotatable bonds is 3. The third-order valence-electron chi connectivity index (χ3n) is 7.30. The summed E-state index contributed by atoms with van der Waals surface area (Å²) in [6.45, 7) is 0.175. The normalized spacial score (nSPS) is 31.0. The summed E-state index contributed by atoms with van der Waals surface area (Å²) in [5, 5.41) is 0.347. The number of nitrogens with zero attached hydrogens (tertiary/aromatic N) is 1. The first-order valence-electron chi connectivity index (χ1n) is 10.9. The molecule has 5 rings (SSSR count). The molecule has 4 atom stereocenters. The first-order valence-corrected chi connectivity index (χ1v) is 14.3. The maximum atomic E-state index is 15.2. The van der Waals surface area contributed by atoms with E-state index in [-0.39, 0.29) is 36.3 Å². The Bertz CT molecular complexity index is 1370. The molecule has 1 aliphatic carbocycles. The monoisotopic (exact) mass is 528 g/mol. The van der Waals surface area contributed by atoms with Gasteiger partial charge in [0.2, 0.25) is 0 Å². The Morgan fingerprint density at radius 2 is 1.82 bits per heavy atom. The van der Waals surface area contributed by atoms with Gasteiger partial charge in [-0.2, -0.15) is 17.4 Å². The average molecular weight is 529 g/mol. The molecular weight excluding hydrogens is 506 g/mol.